The quantitative estimate of drug-likeness (QED) is 0.274. The summed E-state index contributed by atoms with van der Waals surface area (Å²) in [7, 11) is 0. The van der Waals surface area contributed by atoms with Crippen LogP contribution in [-0.4, -0.2) is 40.6 Å². The minimum atomic E-state index is -4.61. The largest absolute Gasteiger partial charge is 0.474 e. The first-order valence-corrected chi connectivity index (χ1v) is 13.1. The first kappa shape index (κ1) is 28.6. The minimum Gasteiger partial charge on any atom is -0.474 e. The molecular formula is C28H33ClF4N2O3. The van der Waals surface area contributed by atoms with Crippen LogP contribution in [0.1, 0.15) is 86.8 Å². The van der Waals surface area contributed by atoms with Gasteiger partial charge in [0.2, 0.25) is 5.88 Å². The summed E-state index contributed by atoms with van der Waals surface area (Å²) in [5, 5.41) is -0.477. The molecule has 1 aromatic heterocycles. The number of pyridine rings is 1. The fraction of sp³-hybridized carbons (Fsp3) is 0.571. The molecule has 5 nitrogen and oxygen atoms in total. The van der Waals surface area contributed by atoms with Crippen molar-refractivity contribution in [1.82, 2.24) is 9.88 Å². The highest BCUT2D eigenvalue weighted by atomic mass is 35.5. The van der Waals surface area contributed by atoms with Crippen molar-refractivity contribution < 1.29 is 31.8 Å². The molecule has 2 aliphatic rings. The summed E-state index contributed by atoms with van der Waals surface area (Å²) in [6, 6.07) is 3.92. The van der Waals surface area contributed by atoms with Crippen LogP contribution in [0, 0.1) is 11.2 Å². The van der Waals surface area contributed by atoms with Gasteiger partial charge in [0.05, 0.1) is 22.3 Å². The number of hydrogen-bond acceptors (Lipinski definition) is 5. The van der Waals surface area contributed by atoms with Gasteiger partial charge < -0.3 is 9.47 Å². The highest BCUT2D eigenvalue weighted by Gasteiger charge is 2.40. The summed E-state index contributed by atoms with van der Waals surface area (Å²) in [5.41, 5.74) is -0.381. The van der Waals surface area contributed by atoms with E-state index in [1.807, 2.05) is 13.8 Å². The molecule has 1 atom stereocenters. The first-order chi connectivity index (χ1) is 17.5. The smallest absolute Gasteiger partial charge is 0.418 e. The third-order valence-electron chi connectivity index (χ3n) is 6.87. The third kappa shape index (κ3) is 6.78. The molecule has 2 fully saturated rings. The zero-order valence-corrected chi connectivity index (χ0v) is 23.0. The van der Waals surface area contributed by atoms with Crippen molar-refractivity contribution in [1.29, 1.82) is 0 Å². The van der Waals surface area contributed by atoms with Gasteiger partial charge in [-0.3, -0.25) is 4.90 Å². The number of rotatable bonds is 6. The van der Waals surface area contributed by atoms with E-state index in [4.69, 9.17) is 21.1 Å². The second-order valence-corrected chi connectivity index (χ2v) is 12.3. The normalized spacial score (nSPS) is 20.3. The fourth-order valence-electron chi connectivity index (χ4n) is 4.92. The lowest BCUT2D eigenvalue weighted by Crippen LogP contribution is -2.50. The molecule has 1 saturated carbocycles. The van der Waals surface area contributed by atoms with E-state index in [1.54, 1.807) is 26.8 Å². The maximum absolute atomic E-state index is 15.1. The van der Waals surface area contributed by atoms with Gasteiger partial charge >= 0.3 is 12.1 Å². The van der Waals surface area contributed by atoms with Gasteiger partial charge in [-0.2, -0.15) is 13.2 Å². The number of halogens is 5. The second-order valence-electron chi connectivity index (χ2n) is 11.9. The Bertz CT molecular complexity index is 1210. The van der Waals surface area contributed by atoms with Crippen LogP contribution in [0.25, 0.3) is 0 Å². The molecule has 0 bridgehead atoms. The van der Waals surface area contributed by atoms with Crippen LogP contribution < -0.4 is 4.74 Å². The maximum atomic E-state index is 15.1. The van der Waals surface area contributed by atoms with E-state index < -0.39 is 39.6 Å². The summed E-state index contributed by atoms with van der Waals surface area (Å²) in [5.74, 6) is -1.11. The molecule has 4 rings (SSSR count). The van der Waals surface area contributed by atoms with E-state index >= 15 is 4.39 Å². The average Bonchev–Trinajstić information content (AvgIpc) is 3.60. The lowest BCUT2D eigenvalue weighted by Gasteiger charge is -2.44. The van der Waals surface area contributed by atoms with Gasteiger partial charge in [-0.05, 0) is 69.2 Å². The number of carbonyl (C=O) groups is 1. The van der Waals surface area contributed by atoms with Crippen LogP contribution in [0.5, 0.6) is 5.88 Å². The summed E-state index contributed by atoms with van der Waals surface area (Å²) < 4.78 is 66.1. The van der Waals surface area contributed by atoms with Crippen LogP contribution in [0.2, 0.25) is 5.02 Å². The molecule has 0 N–H and O–H groups in total. The zero-order valence-electron chi connectivity index (χ0n) is 22.2. The number of likely N-dealkylation sites (tertiary alicyclic amines) is 1. The molecule has 2 aromatic rings. The molecule has 0 spiro atoms. The molecule has 1 aliphatic heterocycles. The van der Waals surface area contributed by atoms with E-state index in [0.29, 0.717) is 32.0 Å². The van der Waals surface area contributed by atoms with E-state index in [9.17, 15) is 18.0 Å². The number of ether oxygens (including phenoxy) is 2. The number of aromatic nitrogens is 1. The molecule has 1 aliphatic carbocycles. The summed E-state index contributed by atoms with van der Waals surface area (Å²) in [6.45, 7) is 10.9. The van der Waals surface area contributed by atoms with E-state index in [2.05, 4.69) is 9.88 Å². The minimum absolute atomic E-state index is 0.0493. The monoisotopic (exact) mass is 556 g/mol. The summed E-state index contributed by atoms with van der Waals surface area (Å²) in [6.07, 6.45) is -1.50. The summed E-state index contributed by atoms with van der Waals surface area (Å²) in [4.78, 5) is 18.7. The zero-order chi connectivity index (χ0) is 28.0. The number of alkyl halides is 3. The van der Waals surface area contributed by atoms with Crippen molar-refractivity contribution >= 4 is 17.6 Å². The molecule has 1 aromatic carbocycles. The molecule has 0 amide bonds. The van der Waals surface area contributed by atoms with Gasteiger partial charge in [0.15, 0.2) is 0 Å². The van der Waals surface area contributed by atoms with Crippen molar-refractivity contribution in [2.24, 2.45) is 5.41 Å². The number of esters is 1. The lowest BCUT2D eigenvalue weighted by molar-refractivity contribution is -0.137. The van der Waals surface area contributed by atoms with Crippen molar-refractivity contribution in [2.75, 3.05) is 13.1 Å². The molecule has 1 saturated heterocycles. The van der Waals surface area contributed by atoms with E-state index in [0.717, 1.165) is 36.2 Å². The van der Waals surface area contributed by atoms with Crippen LogP contribution in [0.15, 0.2) is 24.4 Å². The highest BCUT2D eigenvalue weighted by molar-refractivity contribution is 6.31. The number of benzene rings is 1. The molecular weight excluding hydrogens is 524 g/mol. The predicted molar refractivity (Wildman–Crippen MR) is 136 cm³/mol. The van der Waals surface area contributed by atoms with Gasteiger partial charge in [0.1, 0.15) is 17.5 Å². The van der Waals surface area contributed by atoms with E-state index in [1.165, 1.54) is 6.07 Å². The number of nitrogens with zero attached hydrogens (tertiary/aromatic N) is 2. The van der Waals surface area contributed by atoms with Gasteiger partial charge in [0.25, 0.3) is 0 Å². The molecule has 38 heavy (non-hydrogen) atoms. The molecule has 208 valence electrons. The Morgan fingerprint density at radius 1 is 1.16 bits per heavy atom. The van der Waals surface area contributed by atoms with Gasteiger partial charge in [-0.1, -0.05) is 25.4 Å². The standard InChI is InChI=1S/C28H33ClF4N2O3/c1-26(2,3)38-25(36)19-11-18(16-6-7-16)17(10-22(19)30)14-35-9-8-23(27(4,5)15-35)37-24-12-20(28(31,32)33)21(29)13-34-24/h10-13,16,23H,6-9,14-15H2,1-5H3. The SMILES string of the molecule is CC(C)(C)OC(=O)c1cc(C2CC2)c(CN2CCC(Oc3cc(C(F)(F)F)c(Cl)cn3)C(C)(C)C2)cc1F. The Hall–Kier alpha value is -2.39. The highest BCUT2D eigenvalue weighted by Crippen LogP contribution is 2.44. The average molecular weight is 557 g/mol. The number of hydrogen-bond donors (Lipinski definition) is 0. The molecule has 0 radical (unpaired) electrons. The van der Waals surface area contributed by atoms with Crippen molar-refractivity contribution in [2.45, 2.75) is 84.2 Å². The van der Waals surface area contributed by atoms with Gasteiger partial charge in [-0.15, -0.1) is 0 Å². The van der Waals surface area contributed by atoms with Crippen LogP contribution in [-0.2, 0) is 17.5 Å². The second kappa shape index (κ2) is 10.3. The Kier molecular flexibility index (Phi) is 7.76. The van der Waals surface area contributed by atoms with E-state index in [-0.39, 0.29) is 17.5 Å². The molecule has 2 heterocycles. The Morgan fingerprint density at radius 3 is 2.42 bits per heavy atom. The van der Waals surface area contributed by atoms with Gasteiger partial charge in [-0.25, -0.2) is 14.2 Å². The Labute approximate surface area is 225 Å². The summed E-state index contributed by atoms with van der Waals surface area (Å²) >= 11 is 5.68. The Morgan fingerprint density at radius 2 is 1.84 bits per heavy atom. The number of piperidine rings is 1. The number of carbonyl (C=O) groups excluding carboxylic acids is 1. The van der Waals surface area contributed by atoms with Crippen molar-refractivity contribution in [3.05, 3.63) is 57.5 Å². The van der Waals surface area contributed by atoms with Crippen LogP contribution in [0.4, 0.5) is 17.6 Å². The first-order valence-electron chi connectivity index (χ1n) is 12.7. The molecule has 10 heteroatoms. The van der Waals surface area contributed by atoms with Crippen molar-refractivity contribution in [3.8, 4) is 5.88 Å². The topological polar surface area (TPSA) is 51.7 Å². The van der Waals surface area contributed by atoms with Crippen molar-refractivity contribution in [3.63, 3.8) is 0 Å². The predicted octanol–water partition coefficient (Wildman–Crippen LogP) is 7.41. The Balaban J connectivity index is 1.48. The van der Waals surface area contributed by atoms with Crippen LogP contribution >= 0.6 is 11.6 Å². The third-order valence-corrected chi connectivity index (χ3v) is 7.17. The van der Waals surface area contributed by atoms with Gasteiger partial charge in [0, 0.05) is 31.1 Å². The lowest BCUT2D eigenvalue weighted by atomic mass is 9.80. The molecule has 1 unspecified atom stereocenters. The fourth-order valence-corrected chi connectivity index (χ4v) is 5.13. The van der Waals surface area contributed by atoms with Crippen LogP contribution in [0.3, 0.4) is 0 Å². The maximum Gasteiger partial charge on any atom is 0.418 e.